The molecule has 2 rings (SSSR count). The Morgan fingerprint density at radius 1 is 1.29 bits per heavy atom. The maximum Gasteiger partial charge on any atom is 0.314 e. The average molecular weight is 355 g/mol. The van der Waals surface area contributed by atoms with Gasteiger partial charge in [-0.05, 0) is 46.3 Å². The first-order valence-electron chi connectivity index (χ1n) is 7.53. The van der Waals surface area contributed by atoms with Gasteiger partial charge >= 0.3 is 5.97 Å². The quantitative estimate of drug-likeness (QED) is 0.838. The lowest BCUT2D eigenvalue weighted by Gasteiger charge is -2.35. The van der Waals surface area contributed by atoms with Gasteiger partial charge in [-0.15, -0.1) is 0 Å². The number of carbonyl (C=O) groups is 1. The van der Waals surface area contributed by atoms with Crippen LogP contribution in [0, 0.1) is 0 Å². The molecule has 116 valence electrons. The molecule has 0 aliphatic heterocycles. The molecule has 1 aliphatic carbocycles. The van der Waals surface area contributed by atoms with Crippen molar-refractivity contribution in [1.29, 1.82) is 0 Å². The zero-order valence-corrected chi connectivity index (χ0v) is 14.5. The van der Waals surface area contributed by atoms with Crippen LogP contribution >= 0.6 is 15.9 Å². The van der Waals surface area contributed by atoms with E-state index in [1.165, 1.54) is 0 Å². The second-order valence-electron chi connectivity index (χ2n) is 6.19. The zero-order chi connectivity index (χ0) is 15.6. The first kappa shape index (κ1) is 16.3. The molecule has 3 nitrogen and oxygen atoms in total. The summed E-state index contributed by atoms with van der Waals surface area (Å²) in [7, 11) is 1.61. The summed E-state index contributed by atoms with van der Waals surface area (Å²) in [5, 5.41) is 9.91. The lowest BCUT2D eigenvalue weighted by molar-refractivity contribution is -0.145. The van der Waals surface area contributed by atoms with Crippen molar-refractivity contribution < 1.29 is 14.6 Å². The van der Waals surface area contributed by atoms with E-state index in [0.717, 1.165) is 34.9 Å². The van der Waals surface area contributed by atoms with Gasteiger partial charge < -0.3 is 9.84 Å². The van der Waals surface area contributed by atoms with Crippen LogP contribution in [0.1, 0.15) is 63.0 Å². The normalized spacial score (nSPS) is 17.8. The van der Waals surface area contributed by atoms with Gasteiger partial charge in [-0.2, -0.15) is 0 Å². The molecule has 0 unspecified atom stereocenters. The predicted molar refractivity (Wildman–Crippen MR) is 87.2 cm³/mol. The molecular formula is C17H23BrO3. The lowest BCUT2D eigenvalue weighted by atomic mass is 9.68. The van der Waals surface area contributed by atoms with Gasteiger partial charge in [0.05, 0.1) is 17.0 Å². The lowest BCUT2D eigenvalue weighted by Crippen LogP contribution is -2.38. The maximum atomic E-state index is 12.1. The van der Waals surface area contributed by atoms with Crippen LogP contribution in [0.3, 0.4) is 0 Å². The van der Waals surface area contributed by atoms with Crippen LogP contribution in [0.15, 0.2) is 16.6 Å². The van der Waals surface area contributed by atoms with E-state index in [0.29, 0.717) is 24.5 Å². The molecule has 0 amide bonds. The molecule has 4 heteroatoms. The van der Waals surface area contributed by atoms with E-state index in [1.54, 1.807) is 7.11 Å². The predicted octanol–water partition coefficient (Wildman–Crippen LogP) is 4.87. The number of benzene rings is 1. The number of ether oxygens (including phenoxy) is 1. The van der Waals surface area contributed by atoms with Crippen molar-refractivity contribution in [3.63, 3.8) is 0 Å². The molecule has 1 N–H and O–H groups in total. The zero-order valence-electron chi connectivity index (χ0n) is 12.9. The SMILES string of the molecule is COc1c(Br)cc(C(C)C)cc1C1(C(=O)O)CCCCC1. The third-order valence-corrected chi connectivity index (χ3v) is 5.16. The Bertz CT molecular complexity index is 531. The van der Waals surface area contributed by atoms with Crippen molar-refractivity contribution in [2.75, 3.05) is 7.11 Å². The third kappa shape index (κ3) is 2.96. The minimum atomic E-state index is -0.809. The highest BCUT2D eigenvalue weighted by Gasteiger charge is 2.44. The van der Waals surface area contributed by atoms with Gasteiger partial charge in [0.25, 0.3) is 0 Å². The van der Waals surface area contributed by atoms with Gasteiger partial charge in [-0.25, -0.2) is 0 Å². The summed E-state index contributed by atoms with van der Waals surface area (Å²) < 4.78 is 6.37. The molecule has 0 heterocycles. The topological polar surface area (TPSA) is 46.5 Å². The Kier molecular flexibility index (Phi) is 4.97. The largest absolute Gasteiger partial charge is 0.495 e. The van der Waals surface area contributed by atoms with Crippen molar-refractivity contribution in [3.05, 3.63) is 27.7 Å². The maximum absolute atomic E-state index is 12.1. The monoisotopic (exact) mass is 354 g/mol. The van der Waals surface area contributed by atoms with Gasteiger partial charge in [0, 0.05) is 5.56 Å². The highest BCUT2D eigenvalue weighted by Crippen LogP contribution is 2.47. The van der Waals surface area contributed by atoms with Crippen molar-refractivity contribution in [2.45, 2.75) is 57.3 Å². The van der Waals surface area contributed by atoms with Gasteiger partial charge in [0.1, 0.15) is 5.75 Å². The van der Waals surface area contributed by atoms with Crippen molar-refractivity contribution in [2.24, 2.45) is 0 Å². The van der Waals surface area contributed by atoms with E-state index < -0.39 is 11.4 Å². The minimum absolute atomic E-state index is 0.348. The van der Waals surface area contributed by atoms with Crippen molar-refractivity contribution in [3.8, 4) is 5.75 Å². The molecule has 1 aromatic carbocycles. The summed E-state index contributed by atoms with van der Waals surface area (Å²) in [4.78, 5) is 12.1. The highest BCUT2D eigenvalue weighted by molar-refractivity contribution is 9.10. The second-order valence-corrected chi connectivity index (χ2v) is 7.04. The molecule has 0 spiro atoms. The molecule has 0 saturated heterocycles. The number of rotatable bonds is 4. The molecular weight excluding hydrogens is 332 g/mol. The summed E-state index contributed by atoms with van der Waals surface area (Å²) in [6, 6.07) is 4.07. The van der Waals surface area contributed by atoms with Gasteiger partial charge in [-0.3, -0.25) is 4.79 Å². The van der Waals surface area contributed by atoms with E-state index in [2.05, 4.69) is 29.8 Å². The van der Waals surface area contributed by atoms with Gasteiger partial charge in [0.15, 0.2) is 0 Å². The summed E-state index contributed by atoms with van der Waals surface area (Å²) in [5.41, 5.74) is 1.16. The van der Waals surface area contributed by atoms with E-state index >= 15 is 0 Å². The Morgan fingerprint density at radius 2 is 1.90 bits per heavy atom. The molecule has 0 atom stereocenters. The number of carboxylic acid groups (broad SMARTS) is 1. The Labute approximate surface area is 134 Å². The van der Waals surface area contributed by atoms with Crippen LogP contribution in [0.5, 0.6) is 5.75 Å². The summed E-state index contributed by atoms with van der Waals surface area (Å²) in [6.45, 7) is 4.23. The first-order valence-corrected chi connectivity index (χ1v) is 8.33. The van der Waals surface area contributed by atoms with E-state index in [4.69, 9.17) is 4.74 Å². The van der Waals surface area contributed by atoms with Crippen LogP contribution in [-0.2, 0) is 10.2 Å². The number of carboxylic acids is 1. The fourth-order valence-corrected chi connectivity index (χ4v) is 3.90. The van der Waals surface area contributed by atoms with Crippen LogP contribution in [0.2, 0.25) is 0 Å². The summed E-state index contributed by atoms with van der Waals surface area (Å²) >= 11 is 3.55. The van der Waals surface area contributed by atoms with E-state index in [-0.39, 0.29) is 0 Å². The molecule has 1 fully saturated rings. The third-order valence-electron chi connectivity index (χ3n) is 4.57. The van der Waals surface area contributed by atoms with Gasteiger partial charge in [0.2, 0.25) is 0 Å². The van der Waals surface area contributed by atoms with Crippen molar-refractivity contribution >= 4 is 21.9 Å². The number of hydrogen-bond donors (Lipinski definition) is 1. The molecule has 1 aromatic rings. The van der Waals surface area contributed by atoms with Crippen molar-refractivity contribution in [1.82, 2.24) is 0 Å². The standard InChI is InChI=1S/C17H23BrO3/c1-11(2)12-9-13(15(21-3)14(18)10-12)17(16(19)20)7-5-4-6-8-17/h9-11H,4-8H2,1-3H3,(H,19,20). The number of halogens is 1. The minimum Gasteiger partial charge on any atom is -0.495 e. The summed E-state index contributed by atoms with van der Waals surface area (Å²) in [5.74, 6) is 0.289. The Balaban J connectivity index is 2.65. The van der Waals surface area contributed by atoms with Crippen LogP contribution in [0.25, 0.3) is 0 Å². The van der Waals surface area contributed by atoms with Crippen LogP contribution < -0.4 is 4.74 Å². The van der Waals surface area contributed by atoms with Crippen LogP contribution in [-0.4, -0.2) is 18.2 Å². The highest BCUT2D eigenvalue weighted by atomic mass is 79.9. The Hall–Kier alpha value is -1.03. The van der Waals surface area contributed by atoms with E-state index in [9.17, 15) is 9.90 Å². The average Bonchev–Trinajstić information content (AvgIpc) is 2.46. The number of hydrogen-bond acceptors (Lipinski definition) is 2. The molecule has 0 bridgehead atoms. The van der Waals surface area contributed by atoms with E-state index in [1.807, 2.05) is 12.1 Å². The molecule has 21 heavy (non-hydrogen) atoms. The fraction of sp³-hybridized carbons (Fsp3) is 0.588. The van der Waals surface area contributed by atoms with Crippen LogP contribution in [0.4, 0.5) is 0 Å². The molecule has 0 aromatic heterocycles. The fourth-order valence-electron chi connectivity index (χ4n) is 3.26. The second kappa shape index (κ2) is 6.39. The number of aliphatic carboxylic acids is 1. The molecule has 1 aliphatic rings. The molecule has 0 radical (unpaired) electrons. The molecule has 1 saturated carbocycles. The number of methoxy groups -OCH3 is 1. The Morgan fingerprint density at radius 3 is 2.38 bits per heavy atom. The summed E-state index contributed by atoms with van der Waals surface area (Å²) in [6.07, 6.45) is 4.40. The smallest absolute Gasteiger partial charge is 0.314 e. The first-order chi connectivity index (χ1) is 9.92. The van der Waals surface area contributed by atoms with Gasteiger partial charge in [-0.1, -0.05) is 39.2 Å².